The normalized spacial score (nSPS) is 32.9. The van der Waals surface area contributed by atoms with Gasteiger partial charge in [0, 0.05) is 48.9 Å². The van der Waals surface area contributed by atoms with Gasteiger partial charge in [-0.25, -0.2) is 4.98 Å². The number of anilines is 2. The quantitative estimate of drug-likeness (QED) is 0.746. The fraction of sp³-hybridized carbons (Fsp3) is 0.435. The van der Waals surface area contributed by atoms with E-state index in [9.17, 15) is 4.79 Å². The van der Waals surface area contributed by atoms with Gasteiger partial charge in [0.05, 0.1) is 30.7 Å². The molecule has 4 aliphatic rings. The zero-order chi connectivity index (χ0) is 28.7. The highest BCUT2D eigenvalue weighted by Crippen LogP contribution is 2.37. The number of ether oxygens (including phenoxy) is 2. The van der Waals surface area contributed by atoms with Crippen molar-refractivity contribution in [3.05, 3.63) is 35.9 Å². The van der Waals surface area contributed by atoms with Gasteiger partial charge in [-0.3, -0.25) is 4.79 Å². The maximum atomic E-state index is 13.7. The van der Waals surface area contributed by atoms with Crippen molar-refractivity contribution in [3.8, 4) is 11.5 Å². The van der Waals surface area contributed by atoms with Gasteiger partial charge in [0.2, 0.25) is 11.9 Å². The van der Waals surface area contributed by atoms with E-state index in [0.717, 1.165) is 6.42 Å². The molecule has 0 radical (unpaired) electrons. The summed E-state index contributed by atoms with van der Waals surface area (Å²) in [5.74, 6) is -1.95. The number of nitrogens with two attached hydrogens (primary N) is 1. The second kappa shape index (κ2) is 7.76. The third kappa shape index (κ3) is 3.45. The van der Waals surface area contributed by atoms with Crippen LogP contribution in [0.2, 0.25) is 0 Å². The molecule has 2 bridgehead atoms. The highest BCUT2D eigenvalue weighted by Gasteiger charge is 2.32. The number of hydrogen-bond acceptors (Lipinski definition) is 7. The standard InChI is InChI=1S/C23H27N5O3/c1-30-19-12-17-18(13-20(19)31-2)25-23(26-21(17)24)28-9-7-27(8-10-28)22(29)16-11-14-3-5-15(16)6-4-14/h3,5,11-15H,4,6-10H2,1-2H3,(H2,24,25,26)/t14-,15+/m0/s1/i7D2,8D2,9D2,10D2. The number of nitrogen functional groups attached to an aromatic ring is 1. The van der Waals surface area contributed by atoms with Crippen LogP contribution in [0.25, 0.3) is 10.9 Å². The van der Waals surface area contributed by atoms with Crippen LogP contribution in [-0.2, 0) is 4.79 Å². The number of nitrogens with zero attached hydrogens (tertiary/aromatic N) is 4. The predicted molar refractivity (Wildman–Crippen MR) is 119 cm³/mol. The Morgan fingerprint density at radius 3 is 2.45 bits per heavy atom. The lowest BCUT2D eigenvalue weighted by molar-refractivity contribution is -0.128. The van der Waals surface area contributed by atoms with Crippen LogP contribution in [0.15, 0.2) is 35.9 Å². The second-order valence-corrected chi connectivity index (χ2v) is 7.41. The van der Waals surface area contributed by atoms with Gasteiger partial charge in [-0.05, 0) is 24.8 Å². The molecule has 0 unspecified atom stereocenters. The van der Waals surface area contributed by atoms with Gasteiger partial charge < -0.3 is 25.0 Å². The van der Waals surface area contributed by atoms with Crippen molar-refractivity contribution < 1.29 is 25.2 Å². The number of benzene rings is 1. The number of hydrogen-bond donors (Lipinski definition) is 1. The Hall–Kier alpha value is -3.29. The first-order valence-corrected chi connectivity index (χ1v) is 9.84. The number of aromatic nitrogens is 2. The van der Waals surface area contributed by atoms with Gasteiger partial charge in [-0.1, -0.05) is 18.2 Å². The number of methoxy groups -OCH3 is 2. The number of fused-ring (bicyclic) bond motifs is 2. The predicted octanol–water partition coefficient (Wildman–Crippen LogP) is 2.40. The van der Waals surface area contributed by atoms with Crippen molar-refractivity contribution in [2.75, 3.05) is 50.8 Å². The molecule has 162 valence electrons. The van der Waals surface area contributed by atoms with Gasteiger partial charge in [0.1, 0.15) is 5.82 Å². The maximum Gasteiger partial charge on any atom is 0.250 e. The Morgan fingerprint density at radius 1 is 1.10 bits per heavy atom. The van der Waals surface area contributed by atoms with Gasteiger partial charge >= 0.3 is 0 Å². The molecule has 6 rings (SSSR count). The Bertz CT molecular complexity index is 1400. The third-order valence-electron chi connectivity index (χ3n) is 5.61. The van der Waals surface area contributed by atoms with E-state index in [0.29, 0.717) is 12.2 Å². The summed E-state index contributed by atoms with van der Waals surface area (Å²) in [7, 11) is 2.79. The Labute approximate surface area is 192 Å². The van der Waals surface area contributed by atoms with Crippen molar-refractivity contribution >= 4 is 28.6 Å². The van der Waals surface area contributed by atoms with E-state index >= 15 is 0 Å². The van der Waals surface area contributed by atoms with E-state index in [2.05, 4.69) is 9.97 Å². The molecule has 1 fully saturated rings. The van der Waals surface area contributed by atoms with Crippen LogP contribution in [0, 0.1) is 11.8 Å². The molecule has 0 spiro atoms. The first kappa shape index (κ1) is 12.5. The van der Waals surface area contributed by atoms with E-state index in [1.807, 2.05) is 6.08 Å². The van der Waals surface area contributed by atoms with Crippen LogP contribution >= 0.6 is 0 Å². The molecule has 2 N–H and O–H groups in total. The number of piperazine rings is 1. The fourth-order valence-corrected chi connectivity index (χ4v) is 3.98. The molecule has 0 saturated carbocycles. The summed E-state index contributed by atoms with van der Waals surface area (Å²) in [4.78, 5) is 22.1. The Kier molecular flexibility index (Phi) is 3.14. The van der Waals surface area contributed by atoms with Crippen LogP contribution in [0.4, 0.5) is 11.8 Å². The average molecular weight is 430 g/mol. The first-order chi connectivity index (χ1) is 18.1. The Morgan fingerprint density at radius 2 is 1.84 bits per heavy atom. The molecule has 8 heteroatoms. The molecule has 8 nitrogen and oxygen atoms in total. The van der Waals surface area contributed by atoms with Gasteiger partial charge in [-0.2, -0.15) is 4.98 Å². The smallest absolute Gasteiger partial charge is 0.250 e. The summed E-state index contributed by atoms with van der Waals surface area (Å²) in [5.41, 5.74) is 6.33. The largest absolute Gasteiger partial charge is 0.493 e. The van der Waals surface area contributed by atoms with Crippen molar-refractivity contribution in [2.24, 2.45) is 11.8 Å². The minimum absolute atomic E-state index is 0.0508. The van der Waals surface area contributed by atoms with E-state index < -0.39 is 37.8 Å². The summed E-state index contributed by atoms with van der Waals surface area (Å²) in [6.07, 6.45) is 6.71. The van der Waals surface area contributed by atoms with Gasteiger partial charge in [0.25, 0.3) is 0 Å². The molecular formula is C23H27N5O3. The number of rotatable bonds is 4. The lowest BCUT2D eigenvalue weighted by atomic mass is 9.76. The molecule has 1 amide bonds. The molecule has 2 heterocycles. The van der Waals surface area contributed by atoms with E-state index in [-0.39, 0.29) is 49.7 Å². The van der Waals surface area contributed by atoms with Crippen LogP contribution in [0.1, 0.15) is 23.8 Å². The minimum atomic E-state index is -3.37. The molecular weight excluding hydrogens is 394 g/mol. The monoisotopic (exact) mass is 429 g/mol. The lowest BCUT2D eigenvalue weighted by Gasteiger charge is -2.38. The van der Waals surface area contributed by atoms with Crippen molar-refractivity contribution in [2.45, 2.75) is 12.8 Å². The van der Waals surface area contributed by atoms with Crippen molar-refractivity contribution in [3.63, 3.8) is 0 Å². The highest BCUT2D eigenvalue weighted by atomic mass is 16.5. The van der Waals surface area contributed by atoms with Crippen LogP contribution in [-0.4, -0.2) is 61.0 Å². The SMILES string of the molecule is [2H]C1([2H])N(C(=O)C2=C[C@H]3C=C[C@@H]2CC3)C([2H])([2H])C([2H])([2H])N(c2nc(N)c3cc(OC)c(OC)cc3n2)C1([2H])[2H]. The average Bonchev–Trinajstić information content (AvgIpc) is 2.87. The zero-order valence-electron chi connectivity index (χ0n) is 25.0. The van der Waals surface area contributed by atoms with Gasteiger partial charge in [0.15, 0.2) is 11.5 Å². The summed E-state index contributed by atoms with van der Waals surface area (Å²) < 4.78 is 80.3. The fourth-order valence-electron chi connectivity index (χ4n) is 3.98. The molecule has 2 aromatic rings. The van der Waals surface area contributed by atoms with E-state index in [1.54, 1.807) is 12.2 Å². The molecule has 2 atom stereocenters. The van der Waals surface area contributed by atoms with Gasteiger partial charge in [-0.15, -0.1) is 0 Å². The molecule has 3 aliphatic carbocycles. The third-order valence-corrected chi connectivity index (χ3v) is 5.61. The molecule has 1 saturated heterocycles. The van der Waals surface area contributed by atoms with E-state index in [4.69, 9.17) is 26.2 Å². The second-order valence-electron chi connectivity index (χ2n) is 7.41. The highest BCUT2D eigenvalue weighted by molar-refractivity contribution is 5.95. The summed E-state index contributed by atoms with van der Waals surface area (Å²) in [5, 5.41) is 0.268. The summed E-state index contributed by atoms with van der Waals surface area (Å²) in [6.45, 7) is -13.4. The number of carbonyl (C=O) groups is 1. The van der Waals surface area contributed by atoms with E-state index in [1.165, 1.54) is 26.4 Å². The number of allylic oxidation sites excluding steroid dienone is 3. The first-order valence-electron chi connectivity index (χ1n) is 13.8. The van der Waals surface area contributed by atoms with Crippen LogP contribution in [0.5, 0.6) is 11.5 Å². The minimum Gasteiger partial charge on any atom is -0.493 e. The molecule has 1 aromatic carbocycles. The van der Waals surface area contributed by atoms with Crippen LogP contribution < -0.4 is 20.1 Å². The molecule has 1 aliphatic heterocycles. The Balaban J connectivity index is 1.66. The molecule has 1 aromatic heterocycles. The van der Waals surface area contributed by atoms with Crippen molar-refractivity contribution in [1.29, 1.82) is 0 Å². The summed E-state index contributed by atoms with van der Waals surface area (Å²) in [6, 6.07) is 2.88. The lowest BCUT2D eigenvalue weighted by Crippen LogP contribution is -2.50. The van der Waals surface area contributed by atoms with Crippen molar-refractivity contribution in [1.82, 2.24) is 14.9 Å². The summed E-state index contributed by atoms with van der Waals surface area (Å²) >= 11 is 0. The zero-order valence-corrected chi connectivity index (χ0v) is 17.0. The number of carbonyl (C=O) groups excluding carboxylic acids is 1. The van der Waals surface area contributed by atoms with Crippen LogP contribution in [0.3, 0.4) is 0 Å². The molecule has 31 heavy (non-hydrogen) atoms. The maximum absolute atomic E-state index is 13.7. The topological polar surface area (TPSA) is 93.8 Å². The number of amides is 1.